The van der Waals surface area contributed by atoms with Crippen molar-refractivity contribution < 1.29 is 4.79 Å². The molecule has 1 aromatic rings. The molecule has 2 nitrogen and oxygen atoms in total. The van der Waals surface area contributed by atoms with E-state index in [1.165, 1.54) is 5.56 Å². The van der Waals surface area contributed by atoms with Crippen LogP contribution in [-0.2, 0) is 4.79 Å². The third-order valence-electron chi connectivity index (χ3n) is 5.81. The van der Waals surface area contributed by atoms with E-state index in [1.807, 2.05) is 12.1 Å². The molecule has 0 aromatic heterocycles. The molecule has 21 heavy (non-hydrogen) atoms. The van der Waals surface area contributed by atoms with E-state index in [-0.39, 0.29) is 16.6 Å². The Hall–Kier alpha value is -1.57. The summed E-state index contributed by atoms with van der Waals surface area (Å²) in [5.41, 5.74) is 2.04. The molecule has 0 saturated heterocycles. The number of nitrogens with one attached hydrogen (secondary N) is 1. The summed E-state index contributed by atoms with van der Waals surface area (Å²) in [5, 5.41) is 3.18. The summed E-state index contributed by atoms with van der Waals surface area (Å²) in [6.45, 7) is 10.9. The van der Waals surface area contributed by atoms with Crippen molar-refractivity contribution in [1.29, 1.82) is 0 Å². The molecule has 0 bridgehead atoms. The Kier molecular flexibility index (Phi) is 4.27. The van der Waals surface area contributed by atoms with Crippen LogP contribution in [0.4, 0.5) is 5.69 Å². The van der Waals surface area contributed by atoms with Gasteiger partial charge in [-0.1, -0.05) is 45.4 Å². The lowest BCUT2D eigenvalue weighted by atomic mass is 9.64. The van der Waals surface area contributed by atoms with Crippen molar-refractivity contribution in [2.75, 3.05) is 5.32 Å². The molecule has 0 heterocycles. The molecular weight excluding hydrogens is 258 g/mol. The van der Waals surface area contributed by atoms with Crippen molar-refractivity contribution in [2.45, 2.75) is 47.5 Å². The molecule has 114 valence electrons. The predicted molar refractivity (Wildman–Crippen MR) is 89.2 cm³/mol. The maximum absolute atomic E-state index is 12.6. The average Bonchev–Trinajstić information content (AvgIpc) is 2.65. The van der Waals surface area contributed by atoms with Gasteiger partial charge in [0.15, 0.2) is 5.78 Å². The molecule has 2 unspecified atom stereocenters. The quantitative estimate of drug-likeness (QED) is 0.793. The number of carbonyl (C=O) groups excluding carboxylic acids is 1. The normalized spacial score (nSPS) is 28.0. The second-order valence-electron chi connectivity index (χ2n) is 7.20. The maximum Gasteiger partial charge on any atom is 0.163 e. The molecular formula is C19H27NO. The van der Waals surface area contributed by atoms with Crippen LogP contribution >= 0.6 is 0 Å². The monoisotopic (exact) mass is 285 g/mol. The van der Waals surface area contributed by atoms with Crippen LogP contribution in [0.5, 0.6) is 0 Å². The Labute approximate surface area is 128 Å². The molecule has 1 aliphatic rings. The smallest absolute Gasteiger partial charge is 0.163 e. The van der Waals surface area contributed by atoms with Gasteiger partial charge >= 0.3 is 0 Å². The Morgan fingerprint density at radius 3 is 2.38 bits per heavy atom. The number of rotatable bonds is 4. The highest BCUT2D eigenvalue weighted by Crippen LogP contribution is 2.56. The summed E-state index contributed by atoms with van der Waals surface area (Å²) in [6.07, 6.45) is 5.60. The van der Waals surface area contributed by atoms with Gasteiger partial charge < -0.3 is 5.32 Å². The van der Waals surface area contributed by atoms with Gasteiger partial charge in [0.2, 0.25) is 0 Å². The highest BCUT2D eigenvalue weighted by Gasteiger charge is 2.52. The topological polar surface area (TPSA) is 29.1 Å². The Morgan fingerprint density at radius 2 is 1.86 bits per heavy atom. The van der Waals surface area contributed by atoms with Gasteiger partial charge in [0.1, 0.15) is 0 Å². The van der Waals surface area contributed by atoms with Gasteiger partial charge in [0.05, 0.1) is 0 Å². The van der Waals surface area contributed by atoms with Gasteiger partial charge in [-0.3, -0.25) is 4.79 Å². The summed E-state index contributed by atoms with van der Waals surface area (Å²) in [5.74, 6) is 0.821. The number of anilines is 1. The van der Waals surface area contributed by atoms with Crippen LogP contribution in [0.25, 0.3) is 0 Å². The van der Waals surface area contributed by atoms with E-state index in [0.29, 0.717) is 5.92 Å². The van der Waals surface area contributed by atoms with Crippen LogP contribution in [0.3, 0.4) is 0 Å². The molecule has 2 atom stereocenters. The van der Waals surface area contributed by atoms with E-state index < -0.39 is 0 Å². The first-order valence-corrected chi connectivity index (χ1v) is 7.81. The minimum atomic E-state index is -0.252. The number of hydrogen-bond acceptors (Lipinski definition) is 2. The summed E-state index contributed by atoms with van der Waals surface area (Å²) >= 11 is 0. The molecule has 0 amide bonds. The predicted octanol–water partition coefficient (Wildman–Crippen LogP) is 4.95. The number of carbonyl (C=O) groups is 1. The van der Waals surface area contributed by atoms with Crippen LogP contribution in [0.15, 0.2) is 36.5 Å². The van der Waals surface area contributed by atoms with E-state index in [2.05, 4.69) is 52.1 Å². The number of hydrogen-bond donors (Lipinski definition) is 1. The van der Waals surface area contributed by atoms with Gasteiger partial charge in [-0.05, 0) is 49.3 Å². The second kappa shape index (κ2) is 5.67. The van der Waals surface area contributed by atoms with Gasteiger partial charge in [-0.2, -0.15) is 0 Å². The molecule has 1 aromatic carbocycles. The molecule has 0 spiro atoms. The van der Waals surface area contributed by atoms with Crippen molar-refractivity contribution in [2.24, 2.45) is 16.7 Å². The van der Waals surface area contributed by atoms with Gasteiger partial charge in [0, 0.05) is 17.3 Å². The molecule has 2 rings (SSSR count). The molecule has 1 N–H and O–H groups in total. The molecule has 1 fully saturated rings. The Balaban J connectivity index is 2.04. The largest absolute Gasteiger partial charge is 0.362 e. The molecule has 1 aliphatic carbocycles. The fourth-order valence-corrected chi connectivity index (χ4v) is 3.22. The Morgan fingerprint density at radius 1 is 1.24 bits per heavy atom. The van der Waals surface area contributed by atoms with Crippen LogP contribution in [0.2, 0.25) is 0 Å². The minimum absolute atomic E-state index is 0.0539. The first kappa shape index (κ1) is 15.8. The summed E-state index contributed by atoms with van der Waals surface area (Å²) in [4.78, 5) is 12.6. The zero-order chi connectivity index (χ0) is 15.7. The van der Waals surface area contributed by atoms with Crippen LogP contribution < -0.4 is 5.32 Å². The maximum atomic E-state index is 12.6. The van der Waals surface area contributed by atoms with Crippen LogP contribution in [-0.4, -0.2) is 5.78 Å². The second-order valence-corrected chi connectivity index (χ2v) is 7.20. The summed E-state index contributed by atoms with van der Waals surface area (Å²) < 4.78 is 0. The number of ketones is 1. The number of benzene rings is 1. The molecule has 0 aliphatic heterocycles. The van der Waals surface area contributed by atoms with E-state index in [9.17, 15) is 4.79 Å². The lowest BCUT2D eigenvalue weighted by Gasteiger charge is -2.39. The standard InChI is InChI=1S/C19H27NO/c1-14-6-8-16(9-7-14)20-13-11-17(21)19(5)12-10-15(2)18(19,3)4/h6-9,11,13,15,20H,10,12H2,1-5H3/b13-11+. The van der Waals surface area contributed by atoms with Crippen molar-refractivity contribution in [3.05, 3.63) is 42.1 Å². The van der Waals surface area contributed by atoms with E-state index in [1.54, 1.807) is 12.3 Å². The van der Waals surface area contributed by atoms with E-state index >= 15 is 0 Å². The van der Waals surface area contributed by atoms with Crippen LogP contribution in [0, 0.1) is 23.7 Å². The Bertz CT molecular complexity index is 541. The van der Waals surface area contributed by atoms with Crippen molar-refractivity contribution in [1.82, 2.24) is 0 Å². The first-order chi connectivity index (χ1) is 9.77. The first-order valence-electron chi connectivity index (χ1n) is 7.81. The molecule has 0 radical (unpaired) electrons. The number of aryl methyl sites for hydroxylation is 1. The third kappa shape index (κ3) is 2.90. The van der Waals surface area contributed by atoms with Gasteiger partial charge in [0.25, 0.3) is 0 Å². The van der Waals surface area contributed by atoms with Gasteiger partial charge in [-0.15, -0.1) is 0 Å². The zero-order valence-electron chi connectivity index (χ0n) is 13.9. The van der Waals surface area contributed by atoms with Crippen molar-refractivity contribution in [3.8, 4) is 0 Å². The number of allylic oxidation sites excluding steroid dienone is 1. The third-order valence-corrected chi connectivity index (χ3v) is 5.81. The molecule has 1 saturated carbocycles. The lowest BCUT2D eigenvalue weighted by molar-refractivity contribution is -0.128. The minimum Gasteiger partial charge on any atom is -0.362 e. The highest BCUT2D eigenvalue weighted by atomic mass is 16.1. The fourth-order valence-electron chi connectivity index (χ4n) is 3.22. The van der Waals surface area contributed by atoms with E-state index in [0.717, 1.165) is 18.5 Å². The lowest BCUT2D eigenvalue weighted by Crippen LogP contribution is -2.39. The van der Waals surface area contributed by atoms with Gasteiger partial charge in [-0.25, -0.2) is 0 Å². The van der Waals surface area contributed by atoms with Crippen molar-refractivity contribution in [3.63, 3.8) is 0 Å². The zero-order valence-corrected chi connectivity index (χ0v) is 13.9. The van der Waals surface area contributed by atoms with Crippen LogP contribution in [0.1, 0.15) is 46.1 Å². The summed E-state index contributed by atoms with van der Waals surface area (Å²) in [7, 11) is 0. The van der Waals surface area contributed by atoms with Crippen molar-refractivity contribution >= 4 is 11.5 Å². The highest BCUT2D eigenvalue weighted by molar-refractivity contribution is 5.95. The average molecular weight is 285 g/mol. The fraction of sp³-hybridized carbons (Fsp3) is 0.526. The van der Waals surface area contributed by atoms with E-state index in [4.69, 9.17) is 0 Å². The molecule has 2 heteroatoms. The summed E-state index contributed by atoms with van der Waals surface area (Å²) in [6, 6.07) is 8.16. The SMILES string of the molecule is Cc1ccc(N/C=C/C(=O)C2(C)CCC(C)C2(C)C)cc1.